The average Bonchev–Trinajstić information content (AvgIpc) is 2.49. The number of anilines is 1. The number of hydrogen-bond donors (Lipinski definition) is 2. The Morgan fingerprint density at radius 2 is 2.13 bits per heavy atom. The minimum atomic E-state index is -0.172. The van der Waals surface area contributed by atoms with Crippen molar-refractivity contribution in [1.29, 1.82) is 0 Å². The molecule has 0 saturated carbocycles. The number of nitrogens with zero attached hydrogens (tertiary/aromatic N) is 1. The molecule has 0 fully saturated rings. The predicted molar refractivity (Wildman–Crippen MR) is 97.2 cm³/mol. The lowest BCUT2D eigenvalue weighted by Gasteiger charge is -2.09. The molecule has 0 aliphatic carbocycles. The van der Waals surface area contributed by atoms with E-state index in [0.717, 1.165) is 15.7 Å². The van der Waals surface area contributed by atoms with Gasteiger partial charge in [0.15, 0.2) is 5.16 Å². The van der Waals surface area contributed by atoms with Crippen LogP contribution in [-0.4, -0.2) is 22.1 Å². The van der Waals surface area contributed by atoms with Crippen LogP contribution in [0.1, 0.15) is 23.2 Å². The van der Waals surface area contributed by atoms with E-state index in [1.165, 1.54) is 11.8 Å². The van der Waals surface area contributed by atoms with Gasteiger partial charge in [-0.25, -0.2) is 4.98 Å². The van der Waals surface area contributed by atoms with E-state index in [9.17, 15) is 9.59 Å². The average molecular weight is 396 g/mol. The van der Waals surface area contributed by atoms with Crippen molar-refractivity contribution in [3.8, 4) is 0 Å². The molecule has 0 unspecified atom stereocenters. The molecule has 1 aromatic heterocycles. The first-order valence-electron chi connectivity index (χ1n) is 7.10. The molecule has 0 radical (unpaired) electrons. The van der Waals surface area contributed by atoms with Gasteiger partial charge in [0.25, 0.3) is 5.56 Å². The van der Waals surface area contributed by atoms with Crippen molar-refractivity contribution in [3.63, 3.8) is 0 Å². The van der Waals surface area contributed by atoms with E-state index in [0.29, 0.717) is 22.8 Å². The minimum absolute atomic E-state index is 0.122. The van der Waals surface area contributed by atoms with Crippen molar-refractivity contribution in [2.75, 3.05) is 11.6 Å². The van der Waals surface area contributed by atoms with Gasteiger partial charge in [-0.05, 0) is 50.3 Å². The highest BCUT2D eigenvalue weighted by Gasteiger charge is 2.11. The number of thioether (sulfide) groups is 1. The minimum Gasteiger partial charge on any atom is -0.326 e. The molecular weight excluding hydrogens is 378 g/mol. The van der Waals surface area contributed by atoms with E-state index >= 15 is 0 Å². The van der Waals surface area contributed by atoms with Gasteiger partial charge in [0.05, 0.1) is 0 Å². The van der Waals surface area contributed by atoms with Gasteiger partial charge < -0.3 is 10.3 Å². The van der Waals surface area contributed by atoms with Crippen LogP contribution >= 0.6 is 27.7 Å². The number of H-pyrrole nitrogens is 1. The SMILES string of the molecule is CSc1nc(C)c(CCC(=O)Nc2ccc(Br)cc2C)c(=O)[nH]1. The maximum Gasteiger partial charge on any atom is 0.254 e. The molecule has 122 valence electrons. The van der Waals surface area contributed by atoms with Crippen LogP contribution < -0.4 is 10.9 Å². The van der Waals surface area contributed by atoms with Crippen molar-refractivity contribution in [3.05, 3.63) is 49.8 Å². The Morgan fingerprint density at radius 1 is 1.39 bits per heavy atom. The molecule has 0 atom stereocenters. The highest BCUT2D eigenvalue weighted by atomic mass is 79.9. The van der Waals surface area contributed by atoms with Crippen LogP contribution in [0.15, 0.2) is 32.6 Å². The molecule has 1 aromatic carbocycles. The number of rotatable bonds is 5. The molecule has 2 aromatic rings. The first-order chi connectivity index (χ1) is 10.9. The number of nitrogens with one attached hydrogen (secondary N) is 2. The highest BCUT2D eigenvalue weighted by Crippen LogP contribution is 2.20. The molecule has 5 nitrogen and oxygen atoms in total. The summed E-state index contributed by atoms with van der Waals surface area (Å²) in [5.74, 6) is -0.122. The molecule has 0 spiro atoms. The lowest BCUT2D eigenvalue weighted by Crippen LogP contribution is -2.20. The predicted octanol–water partition coefficient (Wildman–Crippen LogP) is 3.44. The summed E-state index contributed by atoms with van der Waals surface area (Å²) in [7, 11) is 0. The largest absolute Gasteiger partial charge is 0.326 e. The number of halogens is 1. The summed E-state index contributed by atoms with van der Waals surface area (Å²) in [6, 6.07) is 5.67. The molecule has 1 heterocycles. The van der Waals surface area contributed by atoms with E-state index in [-0.39, 0.29) is 17.9 Å². The zero-order valence-corrected chi connectivity index (χ0v) is 15.6. The first-order valence-corrected chi connectivity index (χ1v) is 9.12. The second-order valence-corrected chi connectivity index (χ2v) is 6.86. The van der Waals surface area contributed by atoms with Crippen molar-refractivity contribution in [1.82, 2.24) is 9.97 Å². The maximum atomic E-state index is 12.1. The monoisotopic (exact) mass is 395 g/mol. The van der Waals surface area contributed by atoms with Gasteiger partial charge in [-0.15, -0.1) is 0 Å². The fourth-order valence-electron chi connectivity index (χ4n) is 2.19. The van der Waals surface area contributed by atoms with Crippen LogP contribution in [0, 0.1) is 13.8 Å². The number of carbonyl (C=O) groups excluding carboxylic acids is 1. The van der Waals surface area contributed by atoms with Gasteiger partial charge in [0.1, 0.15) is 0 Å². The fourth-order valence-corrected chi connectivity index (χ4v) is 3.09. The second-order valence-electron chi connectivity index (χ2n) is 5.15. The Balaban J connectivity index is 2.03. The van der Waals surface area contributed by atoms with E-state index in [2.05, 4.69) is 31.2 Å². The number of aryl methyl sites for hydroxylation is 2. The number of amides is 1. The Kier molecular flexibility index (Phi) is 6.01. The summed E-state index contributed by atoms with van der Waals surface area (Å²) in [4.78, 5) is 31.2. The molecule has 2 N–H and O–H groups in total. The Hall–Kier alpha value is -1.60. The number of aromatic amines is 1. The summed E-state index contributed by atoms with van der Waals surface area (Å²) in [5.41, 5.74) is 2.82. The van der Waals surface area contributed by atoms with Crippen molar-refractivity contribution < 1.29 is 4.79 Å². The number of hydrogen-bond acceptors (Lipinski definition) is 4. The third kappa shape index (κ3) is 4.68. The van der Waals surface area contributed by atoms with Crippen LogP contribution in [0.4, 0.5) is 5.69 Å². The molecule has 23 heavy (non-hydrogen) atoms. The molecule has 0 saturated heterocycles. The van der Waals surface area contributed by atoms with Crippen LogP contribution in [-0.2, 0) is 11.2 Å². The fraction of sp³-hybridized carbons (Fsp3) is 0.312. The molecule has 1 amide bonds. The zero-order valence-electron chi connectivity index (χ0n) is 13.2. The molecule has 0 aliphatic rings. The molecule has 2 rings (SSSR count). The van der Waals surface area contributed by atoms with Crippen molar-refractivity contribution >= 4 is 39.3 Å². The van der Waals surface area contributed by atoms with Crippen LogP contribution in [0.2, 0.25) is 0 Å². The van der Waals surface area contributed by atoms with Crippen molar-refractivity contribution in [2.24, 2.45) is 0 Å². The number of aromatic nitrogens is 2. The topological polar surface area (TPSA) is 74.8 Å². The van der Waals surface area contributed by atoms with Gasteiger partial charge in [-0.3, -0.25) is 9.59 Å². The smallest absolute Gasteiger partial charge is 0.254 e. The van der Waals surface area contributed by atoms with Crippen molar-refractivity contribution in [2.45, 2.75) is 31.8 Å². The Labute approximate surface area is 147 Å². The number of carbonyl (C=O) groups is 1. The van der Waals surface area contributed by atoms with E-state index < -0.39 is 0 Å². The van der Waals surface area contributed by atoms with Crippen LogP contribution in [0.25, 0.3) is 0 Å². The van der Waals surface area contributed by atoms with E-state index in [1.54, 1.807) is 6.92 Å². The Morgan fingerprint density at radius 3 is 2.74 bits per heavy atom. The second kappa shape index (κ2) is 7.79. The van der Waals surface area contributed by atoms with Gasteiger partial charge in [0, 0.05) is 27.8 Å². The van der Waals surface area contributed by atoms with E-state index in [4.69, 9.17) is 0 Å². The summed E-state index contributed by atoms with van der Waals surface area (Å²) in [6.07, 6.45) is 2.45. The van der Waals surface area contributed by atoms with Crippen LogP contribution in [0.5, 0.6) is 0 Å². The molecule has 7 heteroatoms. The quantitative estimate of drug-likeness (QED) is 0.600. The molecular formula is C16H18BrN3O2S. The maximum absolute atomic E-state index is 12.1. The zero-order chi connectivity index (χ0) is 17.0. The van der Waals surface area contributed by atoms with Gasteiger partial charge in [-0.1, -0.05) is 27.7 Å². The van der Waals surface area contributed by atoms with Gasteiger partial charge in [0.2, 0.25) is 5.91 Å². The van der Waals surface area contributed by atoms with E-state index in [1.807, 2.05) is 31.4 Å². The first kappa shape index (κ1) is 17.7. The van der Waals surface area contributed by atoms with Gasteiger partial charge in [-0.2, -0.15) is 0 Å². The summed E-state index contributed by atoms with van der Waals surface area (Å²) in [6.45, 7) is 3.72. The number of benzene rings is 1. The summed E-state index contributed by atoms with van der Waals surface area (Å²) < 4.78 is 0.968. The third-order valence-electron chi connectivity index (χ3n) is 3.46. The third-order valence-corrected chi connectivity index (χ3v) is 4.53. The summed E-state index contributed by atoms with van der Waals surface area (Å²) in [5, 5.41) is 3.46. The lowest BCUT2D eigenvalue weighted by atomic mass is 10.1. The molecule has 0 aliphatic heterocycles. The Bertz CT molecular complexity index is 789. The molecule has 0 bridgehead atoms. The summed E-state index contributed by atoms with van der Waals surface area (Å²) >= 11 is 4.78. The standard InChI is InChI=1S/C16H18BrN3O2S/c1-9-8-11(17)4-6-13(9)19-14(21)7-5-12-10(2)18-16(23-3)20-15(12)22/h4,6,8H,5,7H2,1-3H3,(H,19,21)(H,18,20,22). The van der Waals surface area contributed by atoms with Gasteiger partial charge >= 0.3 is 0 Å². The highest BCUT2D eigenvalue weighted by molar-refractivity contribution is 9.10. The normalized spacial score (nSPS) is 10.6. The lowest BCUT2D eigenvalue weighted by molar-refractivity contribution is -0.116. The van der Waals surface area contributed by atoms with Crippen LogP contribution in [0.3, 0.4) is 0 Å².